The molecule has 36 heavy (non-hydrogen) atoms. The Hall–Kier alpha value is -1.99. The van der Waals surface area contributed by atoms with E-state index in [-0.39, 0.29) is 23.2 Å². The third-order valence-corrected chi connectivity index (χ3v) is 10.9. The summed E-state index contributed by atoms with van der Waals surface area (Å²) in [7, 11) is 0. The van der Waals surface area contributed by atoms with Crippen LogP contribution in [0.2, 0.25) is 0 Å². The Morgan fingerprint density at radius 2 is 1.83 bits per heavy atom. The van der Waals surface area contributed by atoms with Crippen molar-refractivity contribution in [2.45, 2.75) is 84.0 Å². The number of fused-ring (bicyclic) bond motifs is 5. The van der Waals surface area contributed by atoms with Gasteiger partial charge in [-0.3, -0.25) is 5.01 Å². The molecule has 198 valence electrons. The van der Waals surface area contributed by atoms with Crippen LogP contribution in [0.5, 0.6) is 0 Å². The van der Waals surface area contributed by atoms with E-state index in [1.807, 2.05) is 6.92 Å². The van der Waals surface area contributed by atoms with Gasteiger partial charge in [-0.25, -0.2) is 5.84 Å². The van der Waals surface area contributed by atoms with Gasteiger partial charge in [0.15, 0.2) is 0 Å². The highest BCUT2D eigenvalue weighted by Crippen LogP contribution is 2.67. The molecule has 4 unspecified atom stereocenters. The molecule has 0 aromatic heterocycles. The lowest BCUT2D eigenvalue weighted by Gasteiger charge is -2.63. The minimum Gasteiger partial charge on any atom is -0.367 e. The van der Waals surface area contributed by atoms with E-state index in [0.29, 0.717) is 29.9 Å². The van der Waals surface area contributed by atoms with E-state index in [1.54, 1.807) is 0 Å². The molecule has 0 amide bonds. The van der Waals surface area contributed by atoms with Crippen LogP contribution >= 0.6 is 0 Å². The average Bonchev–Trinajstić information content (AvgIpc) is 3.15. The van der Waals surface area contributed by atoms with Crippen molar-refractivity contribution in [1.82, 2.24) is 10.3 Å². The first-order valence-electron chi connectivity index (χ1n) is 13.4. The number of hydrogen-bond donors (Lipinski definition) is 3. The van der Waals surface area contributed by atoms with Crippen molar-refractivity contribution in [3.8, 4) is 0 Å². The second-order valence-corrected chi connectivity index (χ2v) is 12.5. The van der Waals surface area contributed by atoms with Gasteiger partial charge in [-0.15, -0.1) is 0 Å². The van der Waals surface area contributed by atoms with Crippen LogP contribution in [0.4, 0.5) is 13.2 Å². The molecule has 0 aromatic carbocycles. The summed E-state index contributed by atoms with van der Waals surface area (Å²) in [4.78, 5) is 0. The van der Waals surface area contributed by atoms with Crippen molar-refractivity contribution in [3.05, 3.63) is 59.6 Å². The van der Waals surface area contributed by atoms with E-state index in [9.17, 15) is 13.2 Å². The van der Waals surface area contributed by atoms with Gasteiger partial charge in [-0.2, -0.15) is 13.2 Å². The Morgan fingerprint density at radius 1 is 1.11 bits per heavy atom. The highest BCUT2D eigenvalue weighted by Gasteiger charge is 2.63. The SMILES string of the molecule is C=C1C=CC2(C)[C@H]3CCC4(C)C(C(=C)N(N)C5=C(C)CCC(C(F)(F)F)=C5)CC[C@H]4C3CC[C@@]2(N)N1. The van der Waals surface area contributed by atoms with Gasteiger partial charge in [0.2, 0.25) is 0 Å². The zero-order valence-corrected chi connectivity index (χ0v) is 21.8. The van der Waals surface area contributed by atoms with Crippen LogP contribution in [-0.2, 0) is 0 Å². The van der Waals surface area contributed by atoms with E-state index in [1.165, 1.54) is 11.1 Å². The molecule has 0 saturated heterocycles. The van der Waals surface area contributed by atoms with Crippen molar-refractivity contribution in [1.29, 1.82) is 0 Å². The van der Waals surface area contributed by atoms with Gasteiger partial charge in [-0.1, -0.05) is 33.1 Å². The first kappa shape index (κ1) is 25.7. The molecule has 4 aliphatic carbocycles. The standard InChI is InChI=1S/C29H41F3N4/c1-17-6-7-20(29(30,31)32)16-25(17)36(34)19(3)22-8-9-23-21-11-15-28(33)27(5,14-10-18(2)35-28)24(21)12-13-26(22,23)4/h10,14,16,21-24,35H,2-3,6-9,11-13,15,33-34H2,1,4-5H3/t21?,22?,23-,24-,26?,27?,28+/m0/s1. The molecule has 3 fully saturated rings. The Morgan fingerprint density at radius 3 is 2.53 bits per heavy atom. The minimum absolute atomic E-state index is 0.00346. The molecule has 3 saturated carbocycles. The zero-order chi connectivity index (χ0) is 26.3. The first-order valence-corrected chi connectivity index (χ1v) is 13.4. The zero-order valence-electron chi connectivity index (χ0n) is 21.8. The van der Waals surface area contributed by atoms with Crippen LogP contribution in [0.15, 0.2) is 59.6 Å². The molecule has 5 aliphatic rings. The molecular weight excluding hydrogens is 461 g/mol. The number of hydrogen-bond acceptors (Lipinski definition) is 4. The van der Waals surface area contributed by atoms with Crippen LogP contribution in [0.3, 0.4) is 0 Å². The van der Waals surface area contributed by atoms with Crippen LogP contribution in [-0.4, -0.2) is 16.8 Å². The number of nitrogens with zero attached hydrogens (tertiary/aromatic N) is 1. The molecule has 0 aromatic rings. The number of halogens is 3. The largest absolute Gasteiger partial charge is 0.412 e. The Kier molecular flexibility index (Phi) is 5.88. The molecule has 0 radical (unpaired) electrons. The summed E-state index contributed by atoms with van der Waals surface area (Å²) >= 11 is 0. The molecule has 7 heteroatoms. The Labute approximate surface area is 213 Å². The fraction of sp³-hybridized carbons (Fsp3) is 0.655. The Balaban J connectivity index is 1.40. The van der Waals surface area contributed by atoms with Crippen LogP contribution in [0.1, 0.15) is 72.1 Å². The molecule has 5 N–H and O–H groups in total. The van der Waals surface area contributed by atoms with Crippen molar-refractivity contribution in [3.63, 3.8) is 0 Å². The van der Waals surface area contributed by atoms with Crippen LogP contribution in [0, 0.1) is 34.5 Å². The van der Waals surface area contributed by atoms with E-state index in [2.05, 4.69) is 44.5 Å². The quantitative estimate of drug-likeness (QED) is 0.308. The van der Waals surface area contributed by atoms with E-state index >= 15 is 0 Å². The number of rotatable bonds is 3. The smallest absolute Gasteiger partial charge is 0.367 e. The monoisotopic (exact) mass is 502 g/mol. The Bertz CT molecular complexity index is 1070. The normalized spacial score (nSPS) is 42.2. The van der Waals surface area contributed by atoms with Gasteiger partial charge in [0, 0.05) is 28.3 Å². The van der Waals surface area contributed by atoms with Crippen molar-refractivity contribution >= 4 is 0 Å². The first-order chi connectivity index (χ1) is 16.7. The molecule has 5 rings (SSSR count). The average molecular weight is 503 g/mol. The van der Waals surface area contributed by atoms with Crippen molar-refractivity contribution < 1.29 is 13.2 Å². The minimum atomic E-state index is -4.33. The predicted molar refractivity (Wildman–Crippen MR) is 137 cm³/mol. The molecule has 4 nitrogen and oxygen atoms in total. The third-order valence-electron chi connectivity index (χ3n) is 10.9. The molecule has 0 bridgehead atoms. The van der Waals surface area contributed by atoms with Gasteiger partial charge >= 0.3 is 6.18 Å². The van der Waals surface area contributed by atoms with E-state index in [4.69, 9.17) is 11.6 Å². The summed E-state index contributed by atoms with van der Waals surface area (Å²) in [6, 6.07) is 0. The summed E-state index contributed by atoms with van der Waals surface area (Å²) in [5.41, 5.74) is 8.82. The van der Waals surface area contributed by atoms with Gasteiger partial charge in [0.25, 0.3) is 0 Å². The summed E-state index contributed by atoms with van der Waals surface area (Å²) in [5.74, 6) is 8.25. The molecule has 0 spiro atoms. The fourth-order valence-electron chi connectivity index (χ4n) is 8.68. The number of alkyl halides is 3. The summed E-state index contributed by atoms with van der Waals surface area (Å²) in [6.45, 7) is 15.0. The molecular formula is C29H41F3N4. The van der Waals surface area contributed by atoms with E-state index < -0.39 is 17.4 Å². The highest BCUT2D eigenvalue weighted by molar-refractivity contribution is 5.36. The highest BCUT2D eigenvalue weighted by atomic mass is 19.4. The number of nitrogens with one attached hydrogen (secondary N) is 1. The second kappa shape index (κ2) is 8.26. The number of nitrogens with two attached hydrogens (primary N) is 2. The van der Waals surface area contributed by atoms with Crippen LogP contribution < -0.4 is 16.9 Å². The number of allylic oxidation sites excluding steroid dienone is 5. The van der Waals surface area contributed by atoms with Crippen molar-refractivity contribution in [2.75, 3.05) is 0 Å². The topological polar surface area (TPSA) is 67.3 Å². The van der Waals surface area contributed by atoms with Crippen LogP contribution in [0.25, 0.3) is 0 Å². The van der Waals surface area contributed by atoms with Gasteiger partial charge in [0.05, 0.1) is 11.4 Å². The van der Waals surface area contributed by atoms with Gasteiger partial charge in [0.1, 0.15) is 0 Å². The molecule has 1 aliphatic heterocycles. The summed E-state index contributed by atoms with van der Waals surface area (Å²) < 4.78 is 40.3. The van der Waals surface area contributed by atoms with E-state index in [0.717, 1.165) is 55.5 Å². The lowest BCUT2D eigenvalue weighted by atomic mass is 9.46. The third kappa shape index (κ3) is 3.64. The molecule has 1 heterocycles. The van der Waals surface area contributed by atoms with Gasteiger partial charge < -0.3 is 11.1 Å². The second-order valence-electron chi connectivity index (χ2n) is 12.5. The summed E-state index contributed by atoms with van der Waals surface area (Å²) in [6.07, 6.45) is 7.77. The fourth-order valence-corrected chi connectivity index (χ4v) is 8.68. The predicted octanol–water partition coefficient (Wildman–Crippen LogP) is 6.42. The number of hydrazine groups is 1. The lowest BCUT2D eigenvalue weighted by molar-refractivity contribution is -0.0945. The maximum Gasteiger partial charge on any atom is 0.412 e. The maximum absolute atomic E-state index is 13.4. The molecule has 7 atom stereocenters. The lowest BCUT2D eigenvalue weighted by Crippen LogP contribution is -2.70. The summed E-state index contributed by atoms with van der Waals surface area (Å²) in [5, 5.41) is 4.97. The van der Waals surface area contributed by atoms with Crippen molar-refractivity contribution in [2.24, 2.45) is 46.1 Å². The van der Waals surface area contributed by atoms with Gasteiger partial charge in [-0.05, 0) is 99.2 Å². The maximum atomic E-state index is 13.4.